The highest BCUT2D eigenvalue weighted by Crippen LogP contribution is 2.23. The van der Waals surface area contributed by atoms with E-state index in [9.17, 15) is 9.59 Å². The molecule has 1 amide bonds. The van der Waals surface area contributed by atoms with Crippen molar-refractivity contribution in [2.45, 2.75) is 19.1 Å². The zero-order valence-electron chi connectivity index (χ0n) is 20.8. The average Bonchev–Trinajstić information content (AvgIpc) is 2.96. The lowest BCUT2D eigenvalue weighted by Gasteiger charge is -2.20. The van der Waals surface area contributed by atoms with Crippen LogP contribution in [0.1, 0.15) is 11.1 Å². The summed E-state index contributed by atoms with van der Waals surface area (Å²) in [5.74, 6) is 0. The second-order valence-electron chi connectivity index (χ2n) is 9.04. The molecule has 0 aliphatic heterocycles. The van der Waals surface area contributed by atoms with Gasteiger partial charge >= 0.3 is 11.7 Å². The van der Waals surface area contributed by atoms with Crippen molar-refractivity contribution < 1.29 is 13.9 Å². The molecule has 0 unspecified atom stereocenters. The van der Waals surface area contributed by atoms with E-state index < -0.39 is 6.09 Å². The molecule has 5 aromatic rings. The van der Waals surface area contributed by atoms with Crippen molar-refractivity contribution in [2.75, 3.05) is 11.9 Å². The molecule has 0 saturated carbocycles. The minimum atomic E-state index is -0.473. The average molecular weight is 505 g/mol. The van der Waals surface area contributed by atoms with Gasteiger partial charge in [0.25, 0.3) is 0 Å². The standard InChI is InChI=1S/C32H28N2O4/c35-31-29(20-26-14-7-8-17-30(26)38-31)25-15-9-16-27(19-25)33-21-28(18-23-10-3-1-4-11-23)34-32(36)37-22-24-12-5-2-6-13-24/h1-17,19-20,28,33H,18,21-22H2,(H,34,36)/t28-/m0/s1. The highest BCUT2D eigenvalue weighted by Gasteiger charge is 2.15. The monoisotopic (exact) mass is 504 g/mol. The van der Waals surface area contributed by atoms with E-state index in [0.717, 1.165) is 27.8 Å². The molecule has 0 radical (unpaired) electrons. The molecular weight excluding hydrogens is 476 g/mol. The van der Waals surface area contributed by atoms with Crippen LogP contribution in [0.5, 0.6) is 0 Å². The van der Waals surface area contributed by atoms with Crippen LogP contribution >= 0.6 is 0 Å². The third kappa shape index (κ3) is 6.48. The largest absolute Gasteiger partial charge is 0.445 e. The first-order valence-corrected chi connectivity index (χ1v) is 12.5. The molecule has 0 spiro atoms. The minimum Gasteiger partial charge on any atom is -0.445 e. The number of carbonyl (C=O) groups excluding carboxylic acids is 1. The Morgan fingerprint density at radius 1 is 0.789 bits per heavy atom. The van der Waals surface area contributed by atoms with E-state index in [2.05, 4.69) is 10.6 Å². The van der Waals surface area contributed by atoms with Gasteiger partial charge in [0.2, 0.25) is 0 Å². The molecule has 6 heteroatoms. The maximum Gasteiger partial charge on any atom is 0.407 e. The van der Waals surface area contributed by atoms with Crippen LogP contribution in [0.15, 0.2) is 124 Å². The van der Waals surface area contributed by atoms with Crippen molar-refractivity contribution in [3.63, 3.8) is 0 Å². The molecule has 1 heterocycles. The fourth-order valence-corrected chi connectivity index (χ4v) is 4.31. The molecule has 0 aliphatic rings. The summed E-state index contributed by atoms with van der Waals surface area (Å²) in [6.45, 7) is 0.666. The Morgan fingerprint density at radius 3 is 2.29 bits per heavy atom. The van der Waals surface area contributed by atoms with Crippen LogP contribution in [0.2, 0.25) is 0 Å². The molecule has 1 aromatic heterocycles. The summed E-state index contributed by atoms with van der Waals surface area (Å²) in [6.07, 6.45) is 0.154. The lowest BCUT2D eigenvalue weighted by molar-refractivity contribution is 0.136. The van der Waals surface area contributed by atoms with Crippen molar-refractivity contribution in [2.24, 2.45) is 0 Å². The smallest absolute Gasteiger partial charge is 0.407 e. The fraction of sp³-hybridized carbons (Fsp3) is 0.125. The first-order chi connectivity index (χ1) is 18.6. The number of nitrogens with one attached hydrogen (secondary N) is 2. The zero-order valence-corrected chi connectivity index (χ0v) is 20.8. The van der Waals surface area contributed by atoms with Gasteiger partial charge in [0, 0.05) is 17.6 Å². The van der Waals surface area contributed by atoms with Gasteiger partial charge in [0.05, 0.1) is 11.6 Å². The van der Waals surface area contributed by atoms with Crippen LogP contribution in [-0.4, -0.2) is 18.7 Å². The summed E-state index contributed by atoms with van der Waals surface area (Å²) in [7, 11) is 0. The van der Waals surface area contributed by atoms with Crippen LogP contribution in [0.3, 0.4) is 0 Å². The molecule has 1 atom stereocenters. The van der Waals surface area contributed by atoms with Gasteiger partial charge in [0.1, 0.15) is 12.2 Å². The third-order valence-electron chi connectivity index (χ3n) is 6.23. The Hall–Kier alpha value is -4.84. The van der Waals surface area contributed by atoms with Crippen LogP contribution < -0.4 is 16.3 Å². The molecule has 0 fully saturated rings. The summed E-state index contributed by atoms with van der Waals surface area (Å²) in [5, 5.41) is 7.26. The van der Waals surface area contributed by atoms with Crippen LogP contribution in [0.25, 0.3) is 22.1 Å². The van der Waals surface area contributed by atoms with E-state index in [-0.39, 0.29) is 18.3 Å². The van der Waals surface area contributed by atoms with Gasteiger partial charge in [-0.05, 0) is 47.4 Å². The summed E-state index contributed by atoms with van der Waals surface area (Å²) in [6, 6.07) is 36.2. The van der Waals surface area contributed by atoms with Crippen LogP contribution in [-0.2, 0) is 17.8 Å². The topological polar surface area (TPSA) is 80.6 Å². The lowest BCUT2D eigenvalue weighted by atomic mass is 10.0. The summed E-state index contributed by atoms with van der Waals surface area (Å²) < 4.78 is 11.0. The van der Waals surface area contributed by atoms with Gasteiger partial charge in [-0.25, -0.2) is 9.59 Å². The van der Waals surface area contributed by atoms with E-state index in [0.29, 0.717) is 24.1 Å². The normalized spacial score (nSPS) is 11.6. The van der Waals surface area contributed by atoms with Crippen molar-refractivity contribution in [1.29, 1.82) is 0 Å². The number of fused-ring (bicyclic) bond motifs is 1. The summed E-state index contributed by atoms with van der Waals surface area (Å²) >= 11 is 0. The van der Waals surface area contributed by atoms with Crippen molar-refractivity contribution in [1.82, 2.24) is 5.32 Å². The molecule has 4 aromatic carbocycles. The maximum atomic E-state index is 12.7. The molecule has 0 saturated heterocycles. The number of carbonyl (C=O) groups is 1. The Labute approximate surface area is 220 Å². The Morgan fingerprint density at radius 2 is 1.50 bits per heavy atom. The van der Waals surface area contributed by atoms with Crippen LogP contribution in [0, 0.1) is 0 Å². The fourth-order valence-electron chi connectivity index (χ4n) is 4.31. The highest BCUT2D eigenvalue weighted by molar-refractivity contribution is 5.82. The number of benzene rings is 4. The maximum absolute atomic E-state index is 12.7. The number of hydrogen-bond donors (Lipinski definition) is 2. The van der Waals surface area contributed by atoms with E-state index in [1.807, 2.05) is 109 Å². The quantitative estimate of drug-likeness (QED) is 0.227. The second kappa shape index (κ2) is 11.9. The molecule has 0 bridgehead atoms. The van der Waals surface area contributed by atoms with Gasteiger partial charge < -0.3 is 19.8 Å². The van der Waals surface area contributed by atoms with E-state index in [1.165, 1.54) is 0 Å². The Balaban J connectivity index is 1.29. The van der Waals surface area contributed by atoms with Gasteiger partial charge in [0.15, 0.2) is 0 Å². The van der Waals surface area contributed by atoms with E-state index in [4.69, 9.17) is 9.15 Å². The number of alkyl carbamates (subject to hydrolysis) is 1. The molecule has 6 nitrogen and oxygen atoms in total. The first-order valence-electron chi connectivity index (χ1n) is 12.5. The van der Waals surface area contributed by atoms with Crippen LogP contribution in [0.4, 0.5) is 10.5 Å². The minimum absolute atomic E-state index is 0.203. The van der Waals surface area contributed by atoms with Gasteiger partial charge in [-0.15, -0.1) is 0 Å². The van der Waals surface area contributed by atoms with Crippen molar-refractivity contribution in [3.05, 3.63) is 137 Å². The van der Waals surface area contributed by atoms with Gasteiger partial charge in [-0.2, -0.15) is 0 Å². The molecule has 2 N–H and O–H groups in total. The van der Waals surface area contributed by atoms with Crippen molar-refractivity contribution >= 4 is 22.7 Å². The van der Waals surface area contributed by atoms with Gasteiger partial charge in [-0.3, -0.25) is 0 Å². The lowest BCUT2D eigenvalue weighted by Crippen LogP contribution is -2.41. The summed E-state index contributed by atoms with van der Waals surface area (Å²) in [4.78, 5) is 25.3. The van der Waals surface area contributed by atoms with Gasteiger partial charge in [-0.1, -0.05) is 91.0 Å². The second-order valence-corrected chi connectivity index (χ2v) is 9.04. The SMILES string of the molecule is O=C(N[C@H](CNc1cccc(-c2cc3ccccc3oc2=O)c1)Cc1ccccc1)OCc1ccccc1. The number of para-hydroxylation sites is 1. The molecule has 38 heavy (non-hydrogen) atoms. The number of amides is 1. The first kappa shape index (κ1) is 24.8. The van der Waals surface area contributed by atoms with E-state index in [1.54, 1.807) is 6.07 Å². The van der Waals surface area contributed by atoms with E-state index >= 15 is 0 Å². The molecule has 190 valence electrons. The predicted octanol–water partition coefficient (Wildman–Crippen LogP) is 6.41. The number of rotatable bonds is 9. The van der Waals surface area contributed by atoms with Crippen molar-refractivity contribution in [3.8, 4) is 11.1 Å². The third-order valence-corrected chi connectivity index (χ3v) is 6.23. The Bertz CT molecular complexity index is 1570. The number of ether oxygens (including phenoxy) is 1. The Kier molecular flexibility index (Phi) is 7.80. The molecular formula is C32H28N2O4. The number of anilines is 1. The highest BCUT2D eigenvalue weighted by atomic mass is 16.5. The molecule has 0 aliphatic carbocycles. The molecule has 5 rings (SSSR count). The number of hydrogen-bond acceptors (Lipinski definition) is 5. The zero-order chi connectivity index (χ0) is 26.2. The predicted molar refractivity (Wildman–Crippen MR) is 150 cm³/mol. The summed E-state index contributed by atoms with van der Waals surface area (Å²) in [5.41, 5.74) is 4.28.